The molecule has 112 valence electrons. The molecule has 0 spiro atoms. The Morgan fingerprint density at radius 2 is 1.81 bits per heavy atom. The Hall–Kier alpha value is -1.51. The van der Waals surface area contributed by atoms with E-state index < -0.39 is 0 Å². The third-order valence-electron chi connectivity index (χ3n) is 3.54. The Morgan fingerprint density at radius 3 is 2.43 bits per heavy atom. The van der Waals surface area contributed by atoms with Crippen LogP contribution in [0, 0.1) is 6.92 Å². The lowest BCUT2D eigenvalue weighted by Crippen LogP contribution is -2.22. The van der Waals surface area contributed by atoms with E-state index in [-0.39, 0.29) is 6.04 Å². The highest BCUT2D eigenvalue weighted by atomic mass is 35.5. The normalized spacial score (nSPS) is 12.2. The van der Waals surface area contributed by atoms with E-state index in [2.05, 4.69) is 49.2 Å². The third kappa shape index (κ3) is 4.48. The van der Waals surface area contributed by atoms with Crippen molar-refractivity contribution in [1.82, 2.24) is 0 Å². The fourth-order valence-corrected chi connectivity index (χ4v) is 2.68. The van der Waals surface area contributed by atoms with Crippen LogP contribution in [0.3, 0.4) is 0 Å². The van der Waals surface area contributed by atoms with E-state index in [9.17, 15) is 0 Å². The number of nitrogens with two attached hydrogens (primary N) is 1. The summed E-state index contributed by atoms with van der Waals surface area (Å²) in [7, 11) is 2.10. The van der Waals surface area contributed by atoms with Crippen LogP contribution in [0.4, 0.5) is 5.69 Å². The van der Waals surface area contributed by atoms with Gasteiger partial charge in [-0.05, 0) is 49.6 Å². The minimum absolute atomic E-state index is 0.120. The van der Waals surface area contributed by atoms with E-state index in [0.29, 0.717) is 0 Å². The van der Waals surface area contributed by atoms with Crippen LogP contribution in [-0.4, -0.2) is 13.1 Å². The van der Waals surface area contributed by atoms with Crippen LogP contribution in [-0.2, 0) is 13.0 Å². The Labute approximate surface area is 132 Å². The number of hydrogen-bond donors (Lipinski definition) is 1. The van der Waals surface area contributed by atoms with Gasteiger partial charge in [0.2, 0.25) is 0 Å². The SMILES string of the molecule is Cc1ccc(CN(C)c2ccc(Cl)cc2CC(C)N)cc1. The van der Waals surface area contributed by atoms with Gasteiger partial charge in [-0.3, -0.25) is 0 Å². The Balaban J connectivity index is 2.21. The van der Waals surface area contributed by atoms with Crippen molar-refractivity contribution in [3.05, 3.63) is 64.2 Å². The molecule has 1 atom stereocenters. The first-order valence-electron chi connectivity index (χ1n) is 7.26. The van der Waals surface area contributed by atoms with Gasteiger partial charge < -0.3 is 10.6 Å². The van der Waals surface area contributed by atoms with E-state index in [4.69, 9.17) is 17.3 Å². The molecule has 0 aliphatic rings. The second-order valence-electron chi connectivity index (χ2n) is 5.80. The summed E-state index contributed by atoms with van der Waals surface area (Å²) in [6, 6.07) is 14.8. The van der Waals surface area contributed by atoms with Crippen LogP contribution in [0.5, 0.6) is 0 Å². The molecule has 0 aliphatic heterocycles. The van der Waals surface area contributed by atoms with Crippen LogP contribution < -0.4 is 10.6 Å². The van der Waals surface area contributed by atoms with E-state index in [1.54, 1.807) is 0 Å². The average Bonchev–Trinajstić information content (AvgIpc) is 2.40. The monoisotopic (exact) mass is 302 g/mol. The van der Waals surface area contributed by atoms with Gasteiger partial charge >= 0.3 is 0 Å². The summed E-state index contributed by atoms with van der Waals surface area (Å²) in [6.07, 6.45) is 0.828. The third-order valence-corrected chi connectivity index (χ3v) is 3.77. The lowest BCUT2D eigenvalue weighted by Gasteiger charge is -2.23. The van der Waals surface area contributed by atoms with Gasteiger partial charge in [0.1, 0.15) is 0 Å². The second kappa shape index (κ2) is 6.97. The molecule has 2 N–H and O–H groups in total. The zero-order valence-corrected chi connectivity index (χ0v) is 13.7. The highest BCUT2D eigenvalue weighted by Crippen LogP contribution is 2.26. The smallest absolute Gasteiger partial charge is 0.0426 e. The van der Waals surface area contributed by atoms with Crippen molar-refractivity contribution in [3.8, 4) is 0 Å². The van der Waals surface area contributed by atoms with Crippen molar-refractivity contribution in [2.45, 2.75) is 32.9 Å². The molecule has 3 heteroatoms. The van der Waals surface area contributed by atoms with E-state index in [0.717, 1.165) is 18.0 Å². The summed E-state index contributed by atoms with van der Waals surface area (Å²) in [5.74, 6) is 0. The fraction of sp³-hybridized carbons (Fsp3) is 0.333. The molecular formula is C18H23ClN2. The molecule has 2 nitrogen and oxygen atoms in total. The fourth-order valence-electron chi connectivity index (χ4n) is 2.49. The van der Waals surface area contributed by atoms with E-state index >= 15 is 0 Å². The van der Waals surface area contributed by atoms with Gasteiger partial charge in [-0.25, -0.2) is 0 Å². The molecule has 0 bridgehead atoms. The van der Waals surface area contributed by atoms with Crippen LogP contribution in [0.2, 0.25) is 5.02 Å². The Kier molecular flexibility index (Phi) is 5.27. The Bertz CT molecular complexity index is 591. The van der Waals surface area contributed by atoms with E-state index in [1.165, 1.54) is 22.4 Å². The minimum Gasteiger partial charge on any atom is -0.370 e. The maximum atomic E-state index is 6.12. The summed E-state index contributed by atoms with van der Waals surface area (Å²) in [4.78, 5) is 2.25. The molecule has 2 aromatic carbocycles. The van der Waals surface area contributed by atoms with Gasteiger partial charge in [-0.15, -0.1) is 0 Å². The molecule has 1 unspecified atom stereocenters. The largest absolute Gasteiger partial charge is 0.370 e. The number of rotatable bonds is 5. The molecule has 0 saturated carbocycles. The molecule has 0 radical (unpaired) electrons. The molecule has 0 aromatic heterocycles. The van der Waals surface area contributed by atoms with Crippen LogP contribution >= 0.6 is 11.6 Å². The van der Waals surface area contributed by atoms with Crippen molar-refractivity contribution >= 4 is 17.3 Å². The standard InChI is InChI=1S/C18H23ClN2/c1-13-4-6-15(7-5-13)12-21(3)18-9-8-17(19)11-16(18)10-14(2)20/h4-9,11,14H,10,12,20H2,1-3H3. The number of halogens is 1. The van der Waals surface area contributed by atoms with Crippen LogP contribution in [0.25, 0.3) is 0 Å². The predicted octanol–water partition coefficient (Wildman–Crippen LogP) is 4.17. The first kappa shape index (κ1) is 15.9. The number of benzene rings is 2. The van der Waals surface area contributed by atoms with Crippen molar-refractivity contribution in [1.29, 1.82) is 0 Å². The van der Waals surface area contributed by atoms with Crippen molar-refractivity contribution < 1.29 is 0 Å². The average molecular weight is 303 g/mol. The molecule has 0 saturated heterocycles. The lowest BCUT2D eigenvalue weighted by molar-refractivity contribution is 0.734. The first-order valence-corrected chi connectivity index (χ1v) is 7.64. The number of aryl methyl sites for hydroxylation is 1. The summed E-state index contributed by atoms with van der Waals surface area (Å²) in [6.45, 7) is 4.99. The Morgan fingerprint density at radius 1 is 1.14 bits per heavy atom. The van der Waals surface area contributed by atoms with Crippen molar-refractivity contribution in [2.24, 2.45) is 5.73 Å². The van der Waals surface area contributed by atoms with Gasteiger partial charge in [0.05, 0.1) is 0 Å². The summed E-state index contributed by atoms with van der Waals surface area (Å²) in [5, 5.41) is 0.762. The van der Waals surface area contributed by atoms with Crippen molar-refractivity contribution in [2.75, 3.05) is 11.9 Å². The van der Waals surface area contributed by atoms with Gasteiger partial charge in [-0.1, -0.05) is 41.4 Å². The highest BCUT2D eigenvalue weighted by Gasteiger charge is 2.10. The molecule has 21 heavy (non-hydrogen) atoms. The predicted molar refractivity (Wildman–Crippen MR) is 92.1 cm³/mol. The molecule has 0 amide bonds. The van der Waals surface area contributed by atoms with Crippen molar-refractivity contribution in [3.63, 3.8) is 0 Å². The van der Waals surface area contributed by atoms with Gasteiger partial charge in [-0.2, -0.15) is 0 Å². The molecule has 0 aliphatic carbocycles. The maximum absolute atomic E-state index is 6.12. The maximum Gasteiger partial charge on any atom is 0.0426 e. The highest BCUT2D eigenvalue weighted by molar-refractivity contribution is 6.30. The first-order chi connectivity index (χ1) is 9.95. The molecule has 0 heterocycles. The summed E-state index contributed by atoms with van der Waals surface area (Å²) >= 11 is 6.12. The van der Waals surface area contributed by atoms with E-state index in [1.807, 2.05) is 19.1 Å². The molecule has 2 aromatic rings. The molecule has 0 fully saturated rings. The van der Waals surface area contributed by atoms with Gasteiger partial charge in [0.15, 0.2) is 0 Å². The number of nitrogens with zero attached hydrogens (tertiary/aromatic N) is 1. The van der Waals surface area contributed by atoms with Gasteiger partial charge in [0.25, 0.3) is 0 Å². The van der Waals surface area contributed by atoms with Crippen LogP contribution in [0.15, 0.2) is 42.5 Å². The second-order valence-corrected chi connectivity index (χ2v) is 6.23. The number of hydrogen-bond acceptors (Lipinski definition) is 2. The molecule has 2 rings (SSSR count). The number of anilines is 1. The van der Waals surface area contributed by atoms with Crippen LogP contribution in [0.1, 0.15) is 23.6 Å². The topological polar surface area (TPSA) is 29.3 Å². The van der Waals surface area contributed by atoms with Gasteiger partial charge in [0, 0.05) is 30.3 Å². The lowest BCUT2D eigenvalue weighted by atomic mass is 10.0. The molecular weight excluding hydrogens is 280 g/mol. The summed E-state index contributed by atoms with van der Waals surface area (Å²) < 4.78 is 0. The zero-order valence-electron chi connectivity index (χ0n) is 12.9. The quantitative estimate of drug-likeness (QED) is 0.898. The summed E-state index contributed by atoms with van der Waals surface area (Å²) in [5.41, 5.74) is 10.9. The zero-order chi connectivity index (χ0) is 15.4. The minimum atomic E-state index is 0.120.